The summed E-state index contributed by atoms with van der Waals surface area (Å²) >= 11 is 3.07. The molecule has 1 rings (SSSR count). The average molecular weight is 311 g/mol. The number of methoxy groups -OCH3 is 1. The molecule has 0 radical (unpaired) electrons. The van der Waals surface area contributed by atoms with Gasteiger partial charge in [-0.1, -0.05) is 0 Å². The first-order valence-electron chi connectivity index (χ1n) is 4.20. The van der Waals surface area contributed by atoms with Crippen LogP contribution in [-0.4, -0.2) is 30.0 Å². The Balaban J connectivity index is 3.14. The second-order valence-electron chi connectivity index (χ2n) is 2.78. The van der Waals surface area contributed by atoms with Gasteiger partial charge in [0.05, 0.1) is 7.11 Å². The fraction of sp³-hybridized carbons (Fsp3) is 0.222. The third-order valence-electron chi connectivity index (χ3n) is 1.59. The van der Waals surface area contributed by atoms with Crippen molar-refractivity contribution in [1.29, 1.82) is 0 Å². The number of aromatic nitrogens is 1. The molecule has 0 aromatic carbocycles. The topological polar surface area (TPSA) is 51.5 Å². The van der Waals surface area contributed by atoms with Crippen LogP contribution in [0, 0.1) is 0 Å². The molecule has 0 aliphatic heterocycles. The van der Waals surface area contributed by atoms with Crippen molar-refractivity contribution < 1.29 is 22.7 Å². The van der Waals surface area contributed by atoms with Gasteiger partial charge in [0.25, 0.3) is 0 Å². The number of carbonyl (C=O) groups excluding carboxylic acids is 1. The van der Waals surface area contributed by atoms with Gasteiger partial charge < -0.3 is 4.74 Å². The Bertz CT molecular complexity index is 443. The molecule has 0 aliphatic carbocycles. The Kier molecular flexibility index (Phi) is 4.22. The minimum absolute atomic E-state index is 0.231. The van der Waals surface area contributed by atoms with E-state index in [1.165, 1.54) is 18.3 Å². The molecule has 17 heavy (non-hydrogen) atoms. The van der Waals surface area contributed by atoms with Crippen LogP contribution in [0.1, 0.15) is 0 Å². The monoisotopic (exact) mass is 310 g/mol. The highest BCUT2D eigenvalue weighted by Crippen LogP contribution is 2.22. The van der Waals surface area contributed by atoms with Crippen LogP contribution in [0.3, 0.4) is 0 Å². The summed E-state index contributed by atoms with van der Waals surface area (Å²) in [6, 6.07) is 2.69. The van der Waals surface area contributed by atoms with Crippen LogP contribution in [0.5, 0.6) is 0 Å². The van der Waals surface area contributed by atoms with Gasteiger partial charge in [-0.05, 0) is 28.1 Å². The van der Waals surface area contributed by atoms with E-state index in [2.05, 4.69) is 30.6 Å². The molecular weight excluding hydrogens is 305 g/mol. The van der Waals surface area contributed by atoms with Crippen LogP contribution in [0.25, 0.3) is 0 Å². The zero-order chi connectivity index (χ0) is 13.1. The van der Waals surface area contributed by atoms with Gasteiger partial charge in [-0.25, -0.2) is 14.8 Å². The van der Waals surface area contributed by atoms with Crippen molar-refractivity contribution in [3.05, 3.63) is 22.8 Å². The second-order valence-corrected chi connectivity index (χ2v) is 3.70. The molecule has 0 N–H and O–H groups in total. The predicted molar refractivity (Wildman–Crippen MR) is 57.1 cm³/mol. The van der Waals surface area contributed by atoms with Crippen LogP contribution in [0.15, 0.2) is 27.8 Å². The lowest BCUT2D eigenvalue weighted by molar-refractivity contribution is -0.137. The normalized spacial score (nSPS) is 12.4. The molecule has 0 atom stereocenters. The van der Waals surface area contributed by atoms with Gasteiger partial charge in [0.1, 0.15) is 0 Å². The molecule has 0 spiro atoms. The molecule has 1 heterocycles. The summed E-state index contributed by atoms with van der Waals surface area (Å²) in [5.41, 5.74) is -1.64. The van der Waals surface area contributed by atoms with Gasteiger partial charge in [-0.2, -0.15) is 13.2 Å². The Morgan fingerprint density at radius 1 is 1.47 bits per heavy atom. The van der Waals surface area contributed by atoms with Gasteiger partial charge in [-0.15, -0.1) is 0 Å². The SMILES string of the molecule is COC(=O)C(=Nc1ccc(Br)cn1)C(F)(F)F. The molecule has 0 saturated carbocycles. The number of hydrogen-bond donors (Lipinski definition) is 0. The number of esters is 1. The first-order valence-corrected chi connectivity index (χ1v) is 4.99. The summed E-state index contributed by atoms with van der Waals surface area (Å²) in [5.74, 6) is -1.78. The molecule has 0 fully saturated rings. The van der Waals surface area contributed by atoms with Crippen LogP contribution in [0.4, 0.5) is 19.0 Å². The van der Waals surface area contributed by atoms with E-state index in [0.717, 1.165) is 7.11 Å². The van der Waals surface area contributed by atoms with Gasteiger partial charge >= 0.3 is 12.1 Å². The predicted octanol–water partition coefficient (Wildman–Crippen LogP) is 2.65. The van der Waals surface area contributed by atoms with E-state index in [-0.39, 0.29) is 5.82 Å². The molecular formula is C9H6BrF3N2O2. The summed E-state index contributed by atoms with van der Waals surface area (Å²) in [6.07, 6.45) is -3.62. The lowest BCUT2D eigenvalue weighted by atomic mass is 10.3. The van der Waals surface area contributed by atoms with E-state index in [1.54, 1.807) is 0 Å². The number of alkyl halides is 3. The number of rotatable bonds is 2. The van der Waals surface area contributed by atoms with Crippen LogP contribution >= 0.6 is 15.9 Å². The van der Waals surface area contributed by atoms with Crippen molar-refractivity contribution in [3.8, 4) is 0 Å². The highest BCUT2D eigenvalue weighted by atomic mass is 79.9. The van der Waals surface area contributed by atoms with Gasteiger partial charge in [0.2, 0.25) is 5.71 Å². The van der Waals surface area contributed by atoms with Gasteiger partial charge in [0.15, 0.2) is 5.82 Å². The third kappa shape index (κ3) is 3.81. The number of pyridine rings is 1. The Morgan fingerprint density at radius 3 is 2.53 bits per heavy atom. The highest BCUT2D eigenvalue weighted by Gasteiger charge is 2.42. The molecule has 0 aliphatic rings. The number of nitrogens with zero attached hydrogens (tertiary/aromatic N) is 2. The molecule has 0 unspecified atom stereocenters. The number of aliphatic imine (C=N–C) groups is 1. The minimum Gasteiger partial charge on any atom is -0.464 e. The molecule has 92 valence electrons. The zero-order valence-corrected chi connectivity index (χ0v) is 10.0. The van der Waals surface area contributed by atoms with Crippen LogP contribution in [0.2, 0.25) is 0 Å². The van der Waals surface area contributed by atoms with Crippen molar-refractivity contribution >= 4 is 33.4 Å². The van der Waals surface area contributed by atoms with E-state index in [4.69, 9.17) is 0 Å². The summed E-state index contributed by atoms with van der Waals surface area (Å²) in [7, 11) is 0.846. The fourth-order valence-corrected chi connectivity index (χ4v) is 1.10. The van der Waals surface area contributed by atoms with Crippen LogP contribution in [-0.2, 0) is 9.53 Å². The first-order chi connectivity index (χ1) is 7.84. The molecule has 0 saturated heterocycles. The maximum absolute atomic E-state index is 12.5. The number of carbonyl (C=O) groups is 1. The van der Waals surface area contributed by atoms with Crippen molar-refractivity contribution in [2.45, 2.75) is 6.18 Å². The molecule has 1 aromatic rings. The van der Waals surface area contributed by atoms with Gasteiger partial charge in [-0.3, -0.25) is 0 Å². The molecule has 1 aromatic heterocycles. The van der Waals surface area contributed by atoms with Crippen molar-refractivity contribution in [2.24, 2.45) is 4.99 Å². The van der Waals surface area contributed by atoms with E-state index in [0.29, 0.717) is 4.47 Å². The Labute approximate surface area is 103 Å². The molecule has 4 nitrogen and oxygen atoms in total. The quantitative estimate of drug-likeness (QED) is 0.623. The number of hydrogen-bond acceptors (Lipinski definition) is 4. The minimum atomic E-state index is -4.89. The average Bonchev–Trinajstić information content (AvgIpc) is 2.25. The van der Waals surface area contributed by atoms with Crippen LogP contribution < -0.4 is 0 Å². The Morgan fingerprint density at radius 2 is 2.12 bits per heavy atom. The largest absolute Gasteiger partial charge is 0.464 e. The number of ether oxygens (including phenoxy) is 1. The maximum atomic E-state index is 12.5. The van der Waals surface area contributed by atoms with Crippen molar-refractivity contribution in [2.75, 3.05) is 7.11 Å². The Hall–Kier alpha value is -1.44. The summed E-state index contributed by atoms with van der Waals surface area (Å²) in [5, 5.41) is 0. The summed E-state index contributed by atoms with van der Waals surface area (Å²) in [6.45, 7) is 0. The smallest absolute Gasteiger partial charge is 0.440 e. The summed E-state index contributed by atoms with van der Waals surface area (Å²) < 4.78 is 42.0. The van der Waals surface area contributed by atoms with Gasteiger partial charge in [0, 0.05) is 10.7 Å². The van der Waals surface area contributed by atoms with E-state index < -0.39 is 17.9 Å². The zero-order valence-electron chi connectivity index (χ0n) is 8.45. The van der Waals surface area contributed by atoms with E-state index in [9.17, 15) is 18.0 Å². The van der Waals surface area contributed by atoms with Crippen molar-refractivity contribution in [1.82, 2.24) is 4.98 Å². The first kappa shape index (κ1) is 13.6. The molecule has 0 bridgehead atoms. The van der Waals surface area contributed by atoms with E-state index in [1.807, 2.05) is 0 Å². The van der Waals surface area contributed by atoms with Crippen molar-refractivity contribution in [3.63, 3.8) is 0 Å². The standard InChI is InChI=1S/C9H6BrF3N2O2/c1-17-8(16)7(9(11,12)13)15-6-3-2-5(10)4-14-6/h2-4H,1H3. The molecule has 0 amide bonds. The lowest BCUT2D eigenvalue weighted by Crippen LogP contribution is -2.31. The molecule has 8 heteroatoms. The summed E-state index contributed by atoms with van der Waals surface area (Å²) in [4.78, 5) is 17.7. The maximum Gasteiger partial charge on any atom is 0.440 e. The fourth-order valence-electron chi connectivity index (χ4n) is 0.870. The highest BCUT2D eigenvalue weighted by molar-refractivity contribution is 9.10. The lowest BCUT2D eigenvalue weighted by Gasteiger charge is -2.07. The third-order valence-corrected chi connectivity index (χ3v) is 2.05. The number of halogens is 4. The van der Waals surface area contributed by atoms with E-state index >= 15 is 0 Å². The second kappa shape index (κ2) is 5.26.